The number of carboxylic acid groups (broad SMARTS) is 1. The molecule has 11 nitrogen and oxygen atoms in total. The highest BCUT2D eigenvalue weighted by Gasteiger charge is 2.38. The van der Waals surface area contributed by atoms with Crippen molar-refractivity contribution >= 4 is 34.6 Å². The maximum Gasteiger partial charge on any atom is 0.326 e. The number of carboxylic acids is 1. The van der Waals surface area contributed by atoms with E-state index in [1.54, 1.807) is 6.20 Å². The van der Waals surface area contributed by atoms with Gasteiger partial charge in [-0.25, -0.2) is 4.79 Å². The molecule has 5 atom stereocenters. The van der Waals surface area contributed by atoms with Crippen LogP contribution in [-0.4, -0.2) is 80.6 Å². The number of likely N-dealkylation sites (tertiary alicyclic amines) is 1. The minimum atomic E-state index is -1.24. The molecule has 1 saturated heterocycles. The zero-order chi connectivity index (χ0) is 27.3. The number of aliphatic hydroxyl groups is 1. The Morgan fingerprint density at radius 3 is 2.43 bits per heavy atom. The SMILES string of the molecule is CC(C)CC(NC(=O)C(Cc1c[nH]c2ccccc12)NC(=O)C(N)C(C)O)C(=O)N1CCCC1C(=O)O. The van der Waals surface area contributed by atoms with Gasteiger partial charge < -0.3 is 36.5 Å². The largest absolute Gasteiger partial charge is 0.480 e. The van der Waals surface area contributed by atoms with Gasteiger partial charge in [0.2, 0.25) is 17.7 Å². The molecular weight excluding hydrogens is 478 g/mol. The number of carbonyl (C=O) groups is 4. The van der Waals surface area contributed by atoms with Crippen LogP contribution in [0.2, 0.25) is 0 Å². The molecule has 0 radical (unpaired) electrons. The quantitative estimate of drug-likeness (QED) is 0.252. The lowest BCUT2D eigenvalue weighted by Gasteiger charge is -2.30. The van der Waals surface area contributed by atoms with Gasteiger partial charge in [-0.15, -0.1) is 0 Å². The Kier molecular flexibility index (Phi) is 9.28. The maximum atomic E-state index is 13.5. The van der Waals surface area contributed by atoms with E-state index >= 15 is 0 Å². The number of hydrogen-bond acceptors (Lipinski definition) is 6. The van der Waals surface area contributed by atoms with Gasteiger partial charge in [-0.2, -0.15) is 0 Å². The van der Waals surface area contributed by atoms with Gasteiger partial charge in [-0.1, -0.05) is 32.0 Å². The van der Waals surface area contributed by atoms with Crippen molar-refractivity contribution in [3.05, 3.63) is 36.0 Å². The number of fused-ring (bicyclic) bond motifs is 1. The lowest BCUT2D eigenvalue weighted by atomic mass is 10.00. The van der Waals surface area contributed by atoms with Gasteiger partial charge in [0.1, 0.15) is 24.2 Å². The summed E-state index contributed by atoms with van der Waals surface area (Å²) in [5.41, 5.74) is 7.44. The Bertz CT molecular complexity index is 1130. The Morgan fingerprint density at radius 1 is 1.11 bits per heavy atom. The molecule has 1 aliphatic rings. The predicted octanol–water partition coefficient (Wildman–Crippen LogP) is 0.510. The molecule has 202 valence electrons. The molecule has 11 heteroatoms. The molecule has 0 bridgehead atoms. The average Bonchev–Trinajstić information content (AvgIpc) is 3.49. The van der Waals surface area contributed by atoms with E-state index in [9.17, 15) is 29.4 Å². The van der Waals surface area contributed by atoms with Crippen LogP contribution in [0.4, 0.5) is 0 Å². The van der Waals surface area contributed by atoms with Crippen molar-refractivity contribution < 1.29 is 29.4 Å². The summed E-state index contributed by atoms with van der Waals surface area (Å²) in [7, 11) is 0. The summed E-state index contributed by atoms with van der Waals surface area (Å²) in [4.78, 5) is 55.7. The number of aromatic amines is 1. The summed E-state index contributed by atoms with van der Waals surface area (Å²) in [6.07, 6.45) is 1.97. The van der Waals surface area contributed by atoms with Crippen molar-refractivity contribution in [2.75, 3.05) is 6.54 Å². The third-order valence-electron chi connectivity index (χ3n) is 6.70. The number of aliphatic hydroxyl groups excluding tert-OH is 1. The van der Waals surface area contributed by atoms with E-state index < -0.39 is 54.0 Å². The second-order valence-corrected chi connectivity index (χ2v) is 10.1. The fraction of sp³-hybridized carbons (Fsp3) is 0.538. The normalized spacial score (nSPS) is 18.9. The summed E-state index contributed by atoms with van der Waals surface area (Å²) in [5, 5.41) is 25.6. The smallest absolute Gasteiger partial charge is 0.326 e. The average molecular weight is 516 g/mol. The summed E-state index contributed by atoms with van der Waals surface area (Å²) >= 11 is 0. The van der Waals surface area contributed by atoms with Gasteiger partial charge in [0.25, 0.3) is 0 Å². The van der Waals surface area contributed by atoms with Crippen molar-refractivity contribution in [2.45, 2.75) is 76.7 Å². The van der Waals surface area contributed by atoms with Crippen LogP contribution in [0, 0.1) is 5.92 Å². The third kappa shape index (κ3) is 6.86. The lowest BCUT2D eigenvalue weighted by molar-refractivity contribution is -0.149. The van der Waals surface area contributed by atoms with Crippen molar-refractivity contribution in [3.63, 3.8) is 0 Å². The number of nitrogens with zero attached hydrogens (tertiary/aromatic N) is 1. The molecule has 2 heterocycles. The molecule has 5 unspecified atom stereocenters. The Hall–Kier alpha value is -3.44. The summed E-state index contributed by atoms with van der Waals surface area (Å²) in [6, 6.07) is 3.31. The number of amides is 3. The summed E-state index contributed by atoms with van der Waals surface area (Å²) in [6.45, 7) is 5.49. The van der Waals surface area contributed by atoms with Gasteiger partial charge >= 0.3 is 5.97 Å². The summed E-state index contributed by atoms with van der Waals surface area (Å²) in [5.74, 6) is -2.79. The first-order valence-corrected chi connectivity index (χ1v) is 12.6. The number of para-hydroxylation sites is 1. The van der Waals surface area contributed by atoms with Gasteiger partial charge in [0.05, 0.1) is 6.10 Å². The van der Waals surface area contributed by atoms with E-state index in [2.05, 4.69) is 15.6 Å². The standard InChI is InChI=1S/C26H37N5O6/c1-14(2)11-20(25(35)31-10-6-9-21(31)26(36)37)30-23(33)19(29-24(34)22(27)15(3)32)12-16-13-28-18-8-5-4-7-17(16)18/h4-5,7-8,13-15,19-22,28,32H,6,9-12,27H2,1-3H3,(H,29,34)(H,30,33)(H,36,37). The predicted molar refractivity (Wildman–Crippen MR) is 137 cm³/mol. The van der Waals surface area contributed by atoms with Crippen LogP contribution in [0.1, 0.15) is 45.6 Å². The third-order valence-corrected chi connectivity index (χ3v) is 6.70. The van der Waals surface area contributed by atoms with Crippen LogP contribution in [0.25, 0.3) is 10.9 Å². The molecule has 37 heavy (non-hydrogen) atoms. The number of rotatable bonds is 11. The maximum absolute atomic E-state index is 13.5. The molecular formula is C26H37N5O6. The summed E-state index contributed by atoms with van der Waals surface area (Å²) < 4.78 is 0. The van der Waals surface area contributed by atoms with E-state index in [1.807, 2.05) is 38.1 Å². The first-order valence-electron chi connectivity index (χ1n) is 12.6. The highest BCUT2D eigenvalue weighted by molar-refractivity contribution is 5.95. The van der Waals surface area contributed by atoms with Gasteiger partial charge in [-0.05, 0) is 43.7 Å². The zero-order valence-electron chi connectivity index (χ0n) is 21.4. The van der Waals surface area contributed by atoms with E-state index in [4.69, 9.17) is 5.73 Å². The van der Waals surface area contributed by atoms with Gasteiger partial charge in [0, 0.05) is 30.1 Å². The van der Waals surface area contributed by atoms with Crippen molar-refractivity contribution in [3.8, 4) is 0 Å². The molecule has 3 amide bonds. The monoisotopic (exact) mass is 515 g/mol. The number of nitrogens with two attached hydrogens (primary N) is 1. The molecule has 1 aliphatic heterocycles. The Balaban J connectivity index is 1.86. The molecule has 0 saturated carbocycles. The molecule has 2 aromatic rings. The van der Waals surface area contributed by atoms with Gasteiger partial charge in [-0.3, -0.25) is 14.4 Å². The fourth-order valence-electron chi connectivity index (χ4n) is 4.67. The Morgan fingerprint density at radius 2 is 1.78 bits per heavy atom. The molecule has 1 fully saturated rings. The molecule has 1 aromatic carbocycles. The number of H-pyrrole nitrogens is 1. The highest BCUT2D eigenvalue weighted by Crippen LogP contribution is 2.22. The number of nitrogens with one attached hydrogen (secondary N) is 3. The van der Waals surface area contributed by atoms with Crippen molar-refractivity contribution in [2.24, 2.45) is 11.7 Å². The number of aromatic nitrogens is 1. The molecule has 1 aromatic heterocycles. The number of aliphatic carboxylic acids is 1. The van der Waals surface area contributed by atoms with E-state index in [0.717, 1.165) is 16.5 Å². The van der Waals surface area contributed by atoms with E-state index in [-0.39, 0.29) is 12.3 Å². The zero-order valence-corrected chi connectivity index (χ0v) is 21.4. The minimum Gasteiger partial charge on any atom is -0.480 e. The lowest BCUT2D eigenvalue weighted by Crippen LogP contribution is -2.58. The minimum absolute atomic E-state index is 0.0328. The van der Waals surface area contributed by atoms with Crippen LogP contribution >= 0.6 is 0 Å². The number of hydrogen-bond donors (Lipinski definition) is 6. The number of benzene rings is 1. The number of carbonyl (C=O) groups excluding carboxylic acids is 3. The topological polar surface area (TPSA) is 178 Å². The Labute approximate surface area is 215 Å². The van der Waals surface area contributed by atoms with Crippen LogP contribution in [0.3, 0.4) is 0 Å². The second-order valence-electron chi connectivity index (χ2n) is 10.1. The van der Waals surface area contributed by atoms with Crippen LogP contribution in [-0.2, 0) is 25.6 Å². The van der Waals surface area contributed by atoms with Gasteiger partial charge in [0.15, 0.2) is 0 Å². The highest BCUT2D eigenvalue weighted by atomic mass is 16.4. The fourth-order valence-corrected chi connectivity index (χ4v) is 4.67. The molecule has 3 rings (SSSR count). The van der Waals surface area contributed by atoms with Crippen molar-refractivity contribution in [1.29, 1.82) is 0 Å². The first kappa shape index (κ1) is 28.1. The van der Waals surface area contributed by atoms with Crippen LogP contribution < -0.4 is 16.4 Å². The van der Waals surface area contributed by atoms with Crippen molar-refractivity contribution in [1.82, 2.24) is 20.5 Å². The molecule has 0 spiro atoms. The van der Waals surface area contributed by atoms with Crippen LogP contribution in [0.5, 0.6) is 0 Å². The molecule has 7 N–H and O–H groups in total. The first-order chi connectivity index (χ1) is 17.5. The van der Waals surface area contributed by atoms with Crippen LogP contribution in [0.15, 0.2) is 30.5 Å². The van der Waals surface area contributed by atoms with E-state index in [1.165, 1.54) is 11.8 Å². The van der Waals surface area contributed by atoms with E-state index in [0.29, 0.717) is 25.8 Å². The molecule has 0 aliphatic carbocycles. The second kappa shape index (κ2) is 12.2.